The van der Waals surface area contributed by atoms with Crippen LogP contribution in [0.15, 0.2) is 30.6 Å². The van der Waals surface area contributed by atoms with Gasteiger partial charge in [0.25, 0.3) is 5.91 Å². The molecule has 0 saturated carbocycles. The summed E-state index contributed by atoms with van der Waals surface area (Å²) in [6.07, 6.45) is 2.37. The molecule has 1 atom stereocenters. The first-order valence-corrected chi connectivity index (χ1v) is 16.1. The number of methoxy groups -OCH3 is 1. The number of amidine groups is 1. The molecule has 0 radical (unpaired) electrons. The number of ether oxygens (including phenoxy) is 1. The quantitative estimate of drug-likeness (QED) is 0.192. The summed E-state index contributed by atoms with van der Waals surface area (Å²) in [5.74, 6) is -2.51. The Morgan fingerprint density at radius 2 is 1.91 bits per heavy atom. The van der Waals surface area contributed by atoms with Gasteiger partial charge < -0.3 is 25.0 Å². The van der Waals surface area contributed by atoms with Crippen LogP contribution in [0.2, 0.25) is 0 Å². The molecule has 0 spiro atoms. The highest BCUT2D eigenvalue weighted by Crippen LogP contribution is 2.28. The molecule has 2 aliphatic heterocycles. The third kappa shape index (κ3) is 6.98. The summed E-state index contributed by atoms with van der Waals surface area (Å²) in [7, 11) is -1.02. The highest BCUT2D eigenvalue weighted by molar-refractivity contribution is 7.87. The fourth-order valence-electron chi connectivity index (χ4n) is 5.24. The number of amides is 3. The summed E-state index contributed by atoms with van der Waals surface area (Å²) in [6, 6.07) is 3.83. The third-order valence-electron chi connectivity index (χ3n) is 7.58. The second-order valence-corrected chi connectivity index (χ2v) is 13.6. The van der Waals surface area contributed by atoms with Crippen molar-refractivity contribution >= 4 is 62.0 Å². The Balaban J connectivity index is 1.38. The summed E-state index contributed by atoms with van der Waals surface area (Å²) in [6.45, 7) is 0.594. The third-order valence-corrected chi connectivity index (χ3v) is 10.4. The van der Waals surface area contributed by atoms with Gasteiger partial charge in [-0.3, -0.25) is 25.1 Å². The predicted molar refractivity (Wildman–Crippen MR) is 162 cm³/mol. The highest BCUT2D eigenvalue weighted by atomic mass is 32.2. The molecule has 18 heteroatoms. The first-order chi connectivity index (χ1) is 21.3. The Hall–Kier alpha value is -4.39. The molecule has 3 aromatic rings. The average molecular weight is 661 g/mol. The average Bonchev–Trinajstić information content (AvgIpc) is 3.63. The zero-order valence-corrected chi connectivity index (χ0v) is 26.1. The van der Waals surface area contributed by atoms with E-state index in [0.29, 0.717) is 29.3 Å². The number of carbonyl (C=O) groups is 4. The van der Waals surface area contributed by atoms with Crippen LogP contribution in [0.1, 0.15) is 32.4 Å². The molecule has 2 aromatic heterocycles. The number of carboxylic acids is 1. The Morgan fingerprint density at radius 1 is 1.16 bits per heavy atom. The molecule has 1 aromatic carbocycles. The van der Waals surface area contributed by atoms with Crippen molar-refractivity contribution in [1.82, 2.24) is 33.7 Å². The van der Waals surface area contributed by atoms with E-state index in [9.17, 15) is 27.6 Å². The van der Waals surface area contributed by atoms with E-state index in [4.69, 9.17) is 10.5 Å². The zero-order valence-electron chi connectivity index (χ0n) is 24.5. The number of alkyl carbamates (subject to hydrolysis) is 1. The van der Waals surface area contributed by atoms with Crippen molar-refractivity contribution in [3.8, 4) is 0 Å². The van der Waals surface area contributed by atoms with Gasteiger partial charge >= 0.3 is 22.3 Å². The number of fused-ring (bicyclic) bond motifs is 2. The number of aliphatic carboxylic acids is 1. The Labute approximate surface area is 262 Å². The van der Waals surface area contributed by atoms with Crippen LogP contribution < -0.4 is 10.6 Å². The number of benzene rings is 1. The number of hydrogen-bond acceptors (Lipinski definition) is 11. The molecule has 0 bridgehead atoms. The van der Waals surface area contributed by atoms with Gasteiger partial charge in [-0.25, -0.2) is 13.8 Å². The largest absolute Gasteiger partial charge is 0.480 e. The number of carboxylic acid groups (broad SMARTS) is 1. The van der Waals surface area contributed by atoms with Gasteiger partial charge in [-0.1, -0.05) is 12.1 Å². The standard InChI is InChI=1S/C27H32N8O8S2/c1-32-6-5-20-21(15-32)44-25(30-20)26(39)35-8-7-33(14-19(35)10-22(36)29-11-23(37)38)45(41,42)34-12-17-4-3-16(9-18(17)13-34)24(28)31-27(40)43-2/h3-4,9,12-13,19H,5-8,10-11,14-15H2,1-2H3,(H,29,36)(H,37,38)(H2,28,31,40). The molecule has 3 amide bonds. The number of rotatable bonds is 8. The van der Waals surface area contributed by atoms with Crippen molar-refractivity contribution in [2.75, 3.05) is 46.9 Å². The molecule has 1 fully saturated rings. The normalized spacial score (nSPS) is 17.5. The lowest BCUT2D eigenvalue weighted by Gasteiger charge is -2.40. The molecular weight excluding hydrogens is 628 g/mol. The SMILES string of the molecule is COC(=O)NC(=N)c1ccc2cn(S(=O)(=O)N3CCN(C(=O)c4nc5c(s4)CN(C)CC5)C(CC(=O)NCC(=O)O)C3)cc2c1. The van der Waals surface area contributed by atoms with Crippen LogP contribution in [-0.2, 0) is 37.5 Å². The lowest BCUT2D eigenvalue weighted by atomic mass is 10.1. The van der Waals surface area contributed by atoms with Crippen molar-refractivity contribution < 1.29 is 37.4 Å². The number of nitrogens with one attached hydrogen (secondary N) is 3. The molecular formula is C27H32N8O8S2. The lowest BCUT2D eigenvalue weighted by molar-refractivity contribution is -0.138. The van der Waals surface area contributed by atoms with Crippen LogP contribution >= 0.6 is 11.3 Å². The Bertz CT molecular complexity index is 1790. The van der Waals surface area contributed by atoms with E-state index in [1.165, 1.54) is 40.0 Å². The van der Waals surface area contributed by atoms with E-state index >= 15 is 0 Å². The van der Waals surface area contributed by atoms with E-state index in [2.05, 4.69) is 25.3 Å². The number of hydrogen-bond donors (Lipinski definition) is 4. The van der Waals surface area contributed by atoms with Gasteiger partial charge in [0.2, 0.25) is 5.91 Å². The molecule has 2 aliphatic rings. The first-order valence-electron chi connectivity index (χ1n) is 13.9. The van der Waals surface area contributed by atoms with Crippen LogP contribution in [0.5, 0.6) is 0 Å². The molecule has 1 saturated heterocycles. The summed E-state index contributed by atoms with van der Waals surface area (Å²) < 4.78 is 34.3. The van der Waals surface area contributed by atoms with Crippen LogP contribution in [0.3, 0.4) is 0 Å². The van der Waals surface area contributed by atoms with Crippen LogP contribution in [-0.4, -0.2) is 119 Å². The molecule has 4 heterocycles. The second kappa shape index (κ2) is 12.9. The maximum atomic E-state index is 13.8. The minimum atomic E-state index is -4.17. The summed E-state index contributed by atoms with van der Waals surface area (Å²) in [5.41, 5.74) is 1.19. The van der Waals surface area contributed by atoms with Crippen LogP contribution in [0.4, 0.5) is 4.79 Å². The first kappa shape index (κ1) is 32.0. The molecule has 5 rings (SSSR count). The van der Waals surface area contributed by atoms with Gasteiger partial charge in [-0.05, 0) is 13.1 Å². The van der Waals surface area contributed by atoms with Gasteiger partial charge in [0.1, 0.15) is 12.4 Å². The van der Waals surface area contributed by atoms with E-state index in [1.54, 1.807) is 18.2 Å². The van der Waals surface area contributed by atoms with Crippen molar-refractivity contribution in [2.45, 2.75) is 25.4 Å². The minimum Gasteiger partial charge on any atom is -0.480 e. The van der Waals surface area contributed by atoms with Crippen molar-refractivity contribution in [1.29, 1.82) is 5.41 Å². The summed E-state index contributed by atoms with van der Waals surface area (Å²) in [4.78, 5) is 58.0. The topological polar surface area (TPSA) is 207 Å². The van der Waals surface area contributed by atoms with E-state index in [-0.39, 0.29) is 36.9 Å². The smallest absolute Gasteiger partial charge is 0.412 e. The van der Waals surface area contributed by atoms with E-state index < -0.39 is 46.7 Å². The van der Waals surface area contributed by atoms with E-state index in [0.717, 1.165) is 21.1 Å². The van der Waals surface area contributed by atoms with Crippen molar-refractivity contribution in [3.05, 3.63) is 51.7 Å². The Morgan fingerprint density at radius 3 is 2.64 bits per heavy atom. The van der Waals surface area contributed by atoms with Gasteiger partial charge in [-0.2, -0.15) is 12.7 Å². The number of aromatic nitrogens is 2. The maximum absolute atomic E-state index is 13.8. The molecule has 16 nitrogen and oxygen atoms in total. The lowest BCUT2D eigenvalue weighted by Crippen LogP contribution is -2.58. The predicted octanol–water partition coefficient (Wildman–Crippen LogP) is 0.277. The number of thiazole rings is 1. The van der Waals surface area contributed by atoms with Crippen LogP contribution in [0.25, 0.3) is 10.8 Å². The monoisotopic (exact) mass is 660 g/mol. The number of carbonyl (C=O) groups excluding carboxylic acids is 3. The molecule has 4 N–H and O–H groups in total. The summed E-state index contributed by atoms with van der Waals surface area (Å²) >= 11 is 1.29. The summed E-state index contributed by atoms with van der Waals surface area (Å²) in [5, 5.41) is 22.9. The maximum Gasteiger partial charge on any atom is 0.412 e. The number of piperazine rings is 1. The number of likely N-dealkylation sites (N-methyl/N-ethyl adjacent to an activating group) is 1. The zero-order chi connectivity index (χ0) is 32.5. The Kier molecular flexibility index (Phi) is 9.19. The second-order valence-electron chi connectivity index (χ2n) is 10.7. The molecule has 1 unspecified atom stereocenters. The fourth-order valence-corrected chi connectivity index (χ4v) is 7.82. The van der Waals surface area contributed by atoms with Gasteiger partial charge in [0.05, 0.1) is 18.8 Å². The number of nitrogens with zero attached hydrogens (tertiary/aromatic N) is 5. The highest BCUT2D eigenvalue weighted by Gasteiger charge is 2.39. The minimum absolute atomic E-state index is 0.0135. The van der Waals surface area contributed by atoms with Gasteiger partial charge in [-0.15, -0.1) is 11.3 Å². The molecule has 45 heavy (non-hydrogen) atoms. The molecule has 240 valence electrons. The van der Waals surface area contributed by atoms with Gasteiger partial charge in [0.15, 0.2) is 5.01 Å². The van der Waals surface area contributed by atoms with E-state index in [1.807, 2.05) is 7.05 Å². The van der Waals surface area contributed by atoms with Gasteiger partial charge in [0, 0.05) is 79.2 Å². The molecule has 0 aliphatic carbocycles. The fraction of sp³-hybridized carbons (Fsp3) is 0.407. The van der Waals surface area contributed by atoms with Crippen molar-refractivity contribution in [2.24, 2.45) is 0 Å². The van der Waals surface area contributed by atoms with Crippen molar-refractivity contribution in [3.63, 3.8) is 0 Å². The van der Waals surface area contributed by atoms with Crippen LogP contribution in [0, 0.1) is 5.41 Å².